The highest BCUT2D eigenvalue weighted by Gasteiger charge is 1.99. The van der Waals surface area contributed by atoms with Crippen LogP contribution in [-0.4, -0.2) is 5.78 Å². The fourth-order valence-corrected chi connectivity index (χ4v) is 0.272. The van der Waals surface area contributed by atoms with Crippen LogP contribution in [0.15, 0.2) is 12.3 Å². The summed E-state index contributed by atoms with van der Waals surface area (Å²) < 4.78 is 0. The van der Waals surface area contributed by atoms with Crippen LogP contribution in [0.3, 0.4) is 0 Å². The third-order valence-corrected chi connectivity index (χ3v) is 0.513. The van der Waals surface area contributed by atoms with Gasteiger partial charge in [0, 0.05) is 6.20 Å². The van der Waals surface area contributed by atoms with Crippen molar-refractivity contribution >= 4 is 5.78 Å². The molecular weight excluding hydrogens is 78.0 g/mol. The molecule has 0 aromatic rings. The maximum absolute atomic E-state index is 9.98. The molecule has 1 rings (SSSR count). The SMILES string of the molecule is O=C1[C]NC=C1. The third-order valence-electron chi connectivity index (χ3n) is 0.513. The summed E-state index contributed by atoms with van der Waals surface area (Å²) in [5.41, 5.74) is 0. The van der Waals surface area contributed by atoms with E-state index in [1.807, 2.05) is 0 Å². The van der Waals surface area contributed by atoms with Crippen LogP contribution < -0.4 is 5.32 Å². The zero-order valence-corrected chi connectivity index (χ0v) is 3.06. The second kappa shape index (κ2) is 1.12. The Morgan fingerprint density at radius 3 is 2.83 bits per heavy atom. The number of ketones is 1. The predicted octanol–water partition coefficient (Wildman–Crippen LogP) is -0.289. The number of rotatable bonds is 0. The molecule has 2 heteroatoms. The summed E-state index contributed by atoms with van der Waals surface area (Å²) in [5.74, 6) is -0.0880. The van der Waals surface area contributed by atoms with Gasteiger partial charge >= 0.3 is 0 Å². The topological polar surface area (TPSA) is 29.1 Å². The minimum atomic E-state index is -0.0880. The van der Waals surface area contributed by atoms with Gasteiger partial charge in [0.25, 0.3) is 0 Å². The summed E-state index contributed by atoms with van der Waals surface area (Å²) in [6, 6.07) is 0. The fraction of sp³-hybridized carbons (Fsp3) is 0. The summed E-state index contributed by atoms with van der Waals surface area (Å²) in [6.45, 7) is 2.32. The molecule has 1 aliphatic heterocycles. The van der Waals surface area contributed by atoms with E-state index in [9.17, 15) is 4.79 Å². The molecule has 0 saturated carbocycles. The lowest BCUT2D eigenvalue weighted by atomic mass is 10.4. The summed E-state index contributed by atoms with van der Waals surface area (Å²) in [7, 11) is 0. The molecule has 0 aromatic heterocycles. The molecule has 2 radical (unpaired) electrons. The van der Waals surface area contributed by atoms with Crippen LogP contribution in [0.5, 0.6) is 0 Å². The molecule has 30 valence electrons. The number of carbonyl (C=O) groups excluding carboxylic acids is 1. The van der Waals surface area contributed by atoms with Crippen LogP contribution in [0.4, 0.5) is 0 Å². The van der Waals surface area contributed by atoms with E-state index >= 15 is 0 Å². The number of carbonyl (C=O) groups is 1. The van der Waals surface area contributed by atoms with E-state index in [4.69, 9.17) is 0 Å². The largest absolute Gasteiger partial charge is 0.374 e. The minimum absolute atomic E-state index is 0.0880. The Bertz CT molecular complexity index is 95.7. The van der Waals surface area contributed by atoms with Crippen LogP contribution in [0, 0.1) is 6.54 Å². The summed E-state index contributed by atoms with van der Waals surface area (Å²) in [4.78, 5) is 9.98. The lowest BCUT2D eigenvalue weighted by Gasteiger charge is -1.74. The molecule has 0 fully saturated rings. The summed E-state index contributed by atoms with van der Waals surface area (Å²) in [6.07, 6.45) is 2.96. The van der Waals surface area contributed by atoms with Crippen molar-refractivity contribution in [2.45, 2.75) is 0 Å². The second-order valence-corrected chi connectivity index (χ2v) is 0.967. The van der Waals surface area contributed by atoms with E-state index < -0.39 is 0 Å². The standard InChI is InChI=1S/C4H3NO/c6-4-1-2-5-3-4/h1-2,5H. The van der Waals surface area contributed by atoms with Gasteiger partial charge in [-0.2, -0.15) is 0 Å². The van der Waals surface area contributed by atoms with Crippen molar-refractivity contribution in [1.29, 1.82) is 0 Å². The minimum Gasteiger partial charge on any atom is -0.374 e. The van der Waals surface area contributed by atoms with Crippen molar-refractivity contribution in [2.24, 2.45) is 0 Å². The van der Waals surface area contributed by atoms with Gasteiger partial charge in [0.15, 0.2) is 12.3 Å². The maximum atomic E-state index is 9.98. The Morgan fingerprint density at radius 1 is 1.83 bits per heavy atom. The van der Waals surface area contributed by atoms with Gasteiger partial charge in [-0.3, -0.25) is 4.79 Å². The van der Waals surface area contributed by atoms with E-state index in [1.165, 1.54) is 6.08 Å². The first-order valence-electron chi connectivity index (χ1n) is 1.61. The van der Waals surface area contributed by atoms with Crippen LogP contribution in [0.25, 0.3) is 0 Å². The average Bonchev–Trinajstić information content (AvgIpc) is 1.86. The Balaban J connectivity index is 2.59. The normalized spacial score (nSPS) is 18.3. The van der Waals surface area contributed by atoms with Crippen molar-refractivity contribution in [3.05, 3.63) is 18.8 Å². The third kappa shape index (κ3) is 0.407. The molecule has 0 aliphatic carbocycles. The molecule has 1 heterocycles. The summed E-state index contributed by atoms with van der Waals surface area (Å²) >= 11 is 0. The van der Waals surface area contributed by atoms with Crippen LogP contribution >= 0.6 is 0 Å². The first kappa shape index (κ1) is 3.40. The summed E-state index contributed by atoms with van der Waals surface area (Å²) in [5, 5.41) is 2.49. The van der Waals surface area contributed by atoms with E-state index in [1.54, 1.807) is 6.20 Å². The van der Waals surface area contributed by atoms with Gasteiger partial charge in [-0.25, -0.2) is 0 Å². The highest BCUT2D eigenvalue weighted by atomic mass is 16.1. The predicted molar refractivity (Wildman–Crippen MR) is 20.5 cm³/mol. The van der Waals surface area contributed by atoms with Crippen LogP contribution in [0.1, 0.15) is 0 Å². The van der Waals surface area contributed by atoms with Crippen molar-refractivity contribution in [3.63, 3.8) is 0 Å². The van der Waals surface area contributed by atoms with Crippen molar-refractivity contribution < 1.29 is 4.79 Å². The first-order valence-corrected chi connectivity index (χ1v) is 1.61. The Morgan fingerprint density at radius 2 is 2.67 bits per heavy atom. The lowest BCUT2D eigenvalue weighted by Crippen LogP contribution is -1.97. The Kier molecular flexibility index (Phi) is 0.638. The molecule has 1 aliphatic rings. The van der Waals surface area contributed by atoms with Crippen LogP contribution in [-0.2, 0) is 4.79 Å². The zero-order chi connectivity index (χ0) is 4.41. The Hall–Kier alpha value is -0.790. The number of hydrogen-bond acceptors (Lipinski definition) is 2. The van der Waals surface area contributed by atoms with Crippen molar-refractivity contribution in [3.8, 4) is 0 Å². The van der Waals surface area contributed by atoms with Gasteiger partial charge in [0.2, 0.25) is 0 Å². The lowest BCUT2D eigenvalue weighted by molar-refractivity contribution is -0.111. The molecule has 0 spiro atoms. The van der Waals surface area contributed by atoms with Gasteiger partial charge in [-0.1, -0.05) is 0 Å². The smallest absolute Gasteiger partial charge is 0.188 e. The molecule has 2 nitrogen and oxygen atoms in total. The van der Waals surface area contributed by atoms with Gasteiger partial charge in [0.1, 0.15) is 0 Å². The number of hydrogen-bond donors (Lipinski definition) is 1. The molecule has 0 amide bonds. The van der Waals surface area contributed by atoms with E-state index in [0.29, 0.717) is 0 Å². The van der Waals surface area contributed by atoms with Crippen LogP contribution in [0.2, 0.25) is 0 Å². The van der Waals surface area contributed by atoms with Crippen molar-refractivity contribution in [1.82, 2.24) is 5.32 Å². The molecule has 0 atom stereocenters. The van der Waals surface area contributed by atoms with E-state index in [2.05, 4.69) is 11.9 Å². The van der Waals surface area contributed by atoms with E-state index in [0.717, 1.165) is 0 Å². The molecule has 0 saturated heterocycles. The fourth-order valence-electron chi connectivity index (χ4n) is 0.272. The Labute approximate surface area is 35.9 Å². The molecular formula is C4H3NO. The average molecular weight is 81.1 g/mol. The number of nitrogens with one attached hydrogen (secondary N) is 1. The highest BCUT2D eigenvalue weighted by Crippen LogP contribution is 1.85. The van der Waals surface area contributed by atoms with Gasteiger partial charge in [-0.15, -0.1) is 0 Å². The maximum Gasteiger partial charge on any atom is 0.188 e. The van der Waals surface area contributed by atoms with Gasteiger partial charge in [0.05, 0.1) is 0 Å². The first-order chi connectivity index (χ1) is 2.89. The van der Waals surface area contributed by atoms with Gasteiger partial charge in [-0.05, 0) is 6.08 Å². The molecule has 1 N–H and O–H groups in total. The van der Waals surface area contributed by atoms with E-state index in [-0.39, 0.29) is 5.78 Å². The molecule has 0 aromatic carbocycles. The molecule has 0 bridgehead atoms. The quantitative estimate of drug-likeness (QED) is 0.434. The molecule has 6 heavy (non-hydrogen) atoms. The second-order valence-electron chi connectivity index (χ2n) is 0.967. The molecule has 0 unspecified atom stereocenters. The highest BCUT2D eigenvalue weighted by molar-refractivity contribution is 5.98. The van der Waals surface area contributed by atoms with Crippen molar-refractivity contribution in [2.75, 3.05) is 0 Å². The van der Waals surface area contributed by atoms with Gasteiger partial charge < -0.3 is 5.32 Å². The monoisotopic (exact) mass is 81.0 g/mol. The zero-order valence-electron chi connectivity index (χ0n) is 3.06.